The summed E-state index contributed by atoms with van der Waals surface area (Å²) in [6.07, 6.45) is 4.11. The molecule has 0 unspecified atom stereocenters. The molecule has 1 saturated heterocycles. The third-order valence-corrected chi connectivity index (χ3v) is 6.40. The van der Waals surface area contributed by atoms with Crippen molar-refractivity contribution in [2.24, 2.45) is 0 Å². The van der Waals surface area contributed by atoms with E-state index in [1.54, 1.807) is 24.3 Å². The molecule has 0 radical (unpaired) electrons. The highest BCUT2D eigenvalue weighted by molar-refractivity contribution is 5.83. The zero-order valence-electron chi connectivity index (χ0n) is 17.9. The highest BCUT2D eigenvalue weighted by Gasteiger charge is 2.23. The topological polar surface area (TPSA) is 28.3 Å². The second kappa shape index (κ2) is 9.13. The fourth-order valence-electron chi connectivity index (χ4n) is 4.65. The molecule has 1 aliphatic rings. The minimum absolute atomic E-state index is 0.191. The van der Waals surface area contributed by atoms with Crippen LogP contribution >= 0.6 is 0 Å². The molecular weight excluding hydrogens is 406 g/mol. The predicted molar refractivity (Wildman–Crippen MR) is 124 cm³/mol. The zero-order chi connectivity index (χ0) is 21.9. The Bertz CT molecular complexity index is 1200. The Morgan fingerprint density at radius 3 is 2.56 bits per heavy atom. The van der Waals surface area contributed by atoms with Crippen LogP contribution in [0.1, 0.15) is 24.3 Å². The number of aromatic nitrogens is 1. The number of benzene rings is 3. The van der Waals surface area contributed by atoms with Crippen LogP contribution in [-0.4, -0.2) is 36.1 Å². The lowest BCUT2D eigenvalue weighted by Crippen LogP contribution is -2.35. The number of likely N-dealkylation sites (tertiary alicyclic amines) is 1. The van der Waals surface area contributed by atoms with Crippen molar-refractivity contribution in [1.82, 2.24) is 9.88 Å². The summed E-state index contributed by atoms with van der Waals surface area (Å²) in [6.45, 7) is 3.35. The fraction of sp³-hybridized carbons (Fsp3) is 0.259. The van der Waals surface area contributed by atoms with Crippen molar-refractivity contribution >= 4 is 10.9 Å². The van der Waals surface area contributed by atoms with E-state index < -0.39 is 0 Å². The van der Waals surface area contributed by atoms with Gasteiger partial charge in [-0.2, -0.15) is 0 Å². The average Bonchev–Trinajstić information content (AvgIpc) is 3.24. The van der Waals surface area contributed by atoms with Gasteiger partial charge in [-0.15, -0.1) is 0 Å². The molecule has 0 amide bonds. The minimum Gasteiger partial charge on any atom is -0.492 e. The number of nitrogens with one attached hydrogen (secondary N) is 1. The second-order valence-electron chi connectivity index (χ2n) is 8.41. The molecule has 5 rings (SSSR count). The van der Waals surface area contributed by atoms with Gasteiger partial charge in [0, 0.05) is 29.2 Å². The summed E-state index contributed by atoms with van der Waals surface area (Å²) in [6, 6.07) is 19.4. The Hall–Kier alpha value is -3.18. The fourth-order valence-corrected chi connectivity index (χ4v) is 4.65. The van der Waals surface area contributed by atoms with E-state index in [4.69, 9.17) is 4.74 Å². The molecular formula is C27H26F2N2O. The van der Waals surface area contributed by atoms with Gasteiger partial charge in [-0.05, 0) is 79.4 Å². The van der Waals surface area contributed by atoms with Crippen molar-refractivity contribution in [3.63, 3.8) is 0 Å². The maximum Gasteiger partial charge on any atom is 0.131 e. The number of fused-ring (bicyclic) bond motifs is 1. The van der Waals surface area contributed by atoms with Crippen LogP contribution in [0.3, 0.4) is 0 Å². The number of aromatic amines is 1. The Labute approximate surface area is 186 Å². The van der Waals surface area contributed by atoms with Crippen LogP contribution < -0.4 is 4.74 Å². The molecule has 0 atom stereocenters. The van der Waals surface area contributed by atoms with Gasteiger partial charge in [0.25, 0.3) is 0 Å². The normalized spacial score (nSPS) is 15.3. The first kappa shape index (κ1) is 20.7. The van der Waals surface area contributed by atoms with Gasteiger partial charge >= 0.3 is 0 Å². The number of nitrogens with zero attached hydrogens (tertiary/aromatic N) is 1. The molecule has 1 fully saturated rings. The van der Waals surface area contributed by atoms with Crippen LogP contribution in [0.5, 0.6) is 5.75 Å². The maximum atomic E-state index is 14.3. The van der Waals surface area contributed by atoms with Crippen molar-refractivity contribution in [3.05, 3.63) is 90.1 Å². The molecule has 0 bridgehead atoms. The lowest BCUT2D eigenvalue weighted by Gasteiger charge is -2.31. The lowest BCUT2D eigenvalue weighted by molar-refractivity contribution is 0.173. The Balaban J connectivity index is 1.15. The molecule has 3 nitrogen and oxygen atoms in total. The Kier molecular flexibility index (Phi) is 5.91. The van der Waals surface area contributed by atoms with E-state index in [9.17, 15) is 8.78 Å². The highest BCUT2D eigenvalue weighted by Crippen LogP contribution is 2.33. The van der Waals surface area contributed by atoms with Crippen LogP contribution in [-0.2, 0) is 0 Å². The largest absolute Gasteiger partial charge is 0.492 e. The van der Waals surface area contributed by atoms with Crippen LogP contribution in [0, 0.1) is 11.6 Å². The van der Waals surface area contributed by atoms with E-state index in [1.165, 1.54) is 17.7 Å². The molecule has 3 aromatic carbocycles. The van der Waals surface area contributed by atoms with Gasteiger partial charge in [0.15, 0.2) is 0 Å². The van der Waals surface area contributed by atoms with E-state index in [0.717, 1.165) is 48.9 Å². The van der Waals surface area contributed by atoms with E-state index >= 15 is 0 Å². The number of halogens is 2. The Morgan fingerprint density at radius 2 is 1.75 bits per heavy atom. The number of hydrogen-bond donors (Lipinski definition) is 1. The summed E-state index contributed by atoms with van der Waals surface area (Å²) in [4.78, 5) is 5.67. The van der Waals surface area contributed by atoms with E-state index in [1.807, 2.05) is 36.5 Å². The second-order valence-corrected chi connectivity index (χ2v) is 8.41. The molecule has 0 aliphatic carbocycles. The number of H-pyrrole nitrogens is 1. The van der Waals surface area contributed by atoms with Gasteiger partial charge in [0.2, 0.25) is 0 Å². The molecule has 0 saturated carbocycles. The van der Waals surface area contributed by atoms with Gasteiger partial charge in [-0.1, -0.05) is 30.3 Å². The summed E-state index contributed by atoms with van der Waals surface area (Å²) in [5.41, 5.74) is 3.61. The summed E-state index contributed by atoms with van der Waals surface area (Å²) >= 11 is 0. The van der Waals surface area contributed by atoms with Gasteiger partial charge < -0.3 is 9.72 Å². The number of hydrogen-bond acceptors (Lipinski definition) is 2. The molecule has 1 aromatic heterocycles. The van der Waals surface area contributed by atoms with Gasteiger partial charge in [0.05, 0.1) is 0 Å². The van der Waals surface area contributed by atoms with Gasteiger partial charge in [-0.3, -0.25) is 4.90 Å². The van der Waals surface area contributed by atoms with Gasteiger partial charge in [0.1, 0.15) is 24.0 Å². The van der Waals surface area contributed by atoms with Crippen LogP contribution in [0.15, 0.2) is 72.9 Å². The molecule has 4 aromatic rings. The summed E-state index contributed by atoms with van der Waals surface area (Å²) < 4.78 is 33.9. The molecule has 1 N–H and O–H groups in total. The van der Waals surface area contributed by atoms with Crippen LogP contribution in [0.4, 0.5) is 8.78 Å². The van der Waals surface area contributed by atoms with Crippen molar-refractivity contribution in [2.75, 3.05) is 26.2 Å². The van der Waals surface area contributed by atoms with Crippen molar-refractivity contribution in [2.45, 2.75) is 18.8 Å². The molecule has 164 valence electrons. The van der Waals surface area contributed by atoms with Crippen LogP contribution in [0.2, 0.25) is 0 Å². The predicted octanol–water partition coefficient (Wildman–Crippen LogP) is 6.37. The lowest BCUT2D eigenvalue weighted by atomic mass is 9.89. The Morgan fingerprint density at radius 1 is 0.938 bits per heavy atom. The zero-order valence-corrected chi connectivity index (χ0v) is 17.9. The first-order chi connectivity index (χ1) is 15.7. The van der Waals surface area contributed by atoms with E-state index in [-0.39, 0.29) is 11.6 Å². The first-order valence-corrected chi connectivity index (χ1v) is 11.1. The molecule has 5 heteroatoms. The molecule has 1 aliphatic heterocycles. The highest BCUT2D eigenvalue weighted by atomic mass is 19.1. The summed E-state index contributed by atoms with van der Waals surface area (Å²) in [7, 11) is 0. The van der Waals surface area contributed by atoms with E-state index in [0.29, 0.717) is 23.8 Å². The van der Waals surface area contributed by atoms with Gasteiger partial charge in [-0.25, -0.2) is 8.78 Å². The maximum absolute atomic E-state index is 14.3. The standard InChI is InChI=1S/C27H26F2N2O/c28-21-6-9-27-24(16-21)25(18-30-27)20-10-12-31(13-11-20)14-15-32-22-7-8-26(29)23(17-22)19-4-2-1-3-5-19/h1-9,16-18,20,30H,10-15H2. The monoisotopic (exact) mass is 432 g/mol. The molecule has 2 heterocycles. The molecule has 32 heavy (non-hydrogen) atoms. The third-order valence-electron chi connectivity index (χ3n) is 6.40. The van der Waals surface area contributed by atoms with Crippen molar-refractivity contribution in [1.29, 1.82) is 0 Å². The number of rotatable bonds is 6. The summed E-state index contributed by atoms with van der Waals surface area (Å²) in [5, 5.41) is 0.998. The third kappa shape index (κ3) is 4.39. The molecule has 0 spiro atoms. The van der Waals surface area contributed by atoms with Crippen molar-refractivity contribution < 1.29 is 13.5 Å². The van der Waals surface area contributed by atoms with E-state index in [2.05, 4.69) is 9.88 Å². The first-order valence-electron chi connectivity index (χ1n) is 11.1. The van der Waals surface area contributed by atoms with Crippen LogP contribution in [0.25, 0.3) is 22.0 Å². The quantitative estimate of drug-likeness (QED) is 0.383. The minimum atomic E-state index is -0.247. The average molecular weight is 433 g/mol. The number of piperidine rings is 1. The smallest absolute Gasteiger partial charge is 0.131 e. The van der Waals surface area contributed by atoms with Crippen molar-refractivity contribution in [3.8, 4) is 16.9 Å². The number of ether oxygens (including phenoxy) is 1. The SMILES string of the molecule is Fc1ccc2[nH]cc(C3CCN(CCOc4ccc(F)c(-c5ccccc5)c4)CC3)c2c1. The summed E-state index contributed by atoms with van der Waals surface area (Å²) in [5.74, 6) is 0.682.